The highest BCUT2D eigenvalue weighted by molar-refractivity contribution is 5.77. The molecule has 0 unspecified atom stereocenters. The average molecular weight is 353 g/mol. The Balaban J connectivity index is 1.38. The highest BCUT2D eigenvalue weighted by Gasteiger charge is 2.37. The highest BCUT2D eigenvalue weighted by Crippen LogP contribution is 2.29. The molecule has 26 heavy (non-hydrogen) atoms. The lowest BCUT2D eigenvalue weighted by Gasteiger charge is -2.36. The second-order valence-corrected chi connectivity index (χ2v) is 7.63. The number of pyridine rings is 1. The number of carbonyl (C=O) groups excluding carboxylic acids is 1. The maximum Gasteiger partial charge on any atom is 0.223 e. The maximum absolute atomic E-state index is 12.9. The quantitative estimate of drug-likeness (QED) is 0.895. The average Bonchev–Trinajstić information content (AvgIpc) is 2.87. The molecule has 138 valence electrons. The summed E-state index contributed by atoms with van der Waals surface area (Å²) in [6, 6.07) is 6.23. The molecule has 5 heterocycles. The number of nitrogens with zero attached hydrogens (tertiary/aromatic N) is 4. The molecule has 1 N–H and O–H groups in total. The number of aryl methyl sites for hydroxylation is 2. The van der Waals surface area contributed by atoms with E-state index < -0.39 is 0 Å². The third kappa shape index (κ3) is 3.80. The van der Waals surface area contributed by atoms with Gasteiger partial charge in [0.1, 0.15) is 0 Å². The minimum atomic E-state index is 0.281. The van der Waals surface area contributed by atoms with Crippen molar-refractivity contribution in [2.45, 2.75) is 45.2 Å². The highest BCUT2D eigenvalue weighted by atomic mass is 16.2. The van der Waals surface area contributed by atoms with Crippen LogP contribution in [0.2, 0.25) is 0 Å². The van der Waals surface area contributed by atoms with Crippen LogP contribution in [-0.2, 0) is 17.8 Å². The molecule has 6 nitrogen and oxygen atoms in total. The van der Waals surface area contributed by atoms with Crippen molar-refractivity contribution < 1.29 is 4.79 Å². The standard InChI is InChI=1S/C20H27N5O/c1-15-19(23-14-22-15)13-24-10-16-5-7-18(12-24)25(11-16)20(26)8-6-17-4-2-3-9-21-17/h2-4,9,14,16,18H,5-8,10-13H2,1H3,(H,22,23)/t16-,18+/m0/s1. The molecular formula is C20H27N5O. The van der Waals surface area contributed by atoms with Crippen LogP contribution in [0.15, 0.2) is 30.7 Å². The molecule has 3 aliphatic heterocycles. The van der Waals surface area contributed by atoms with Crippen LogP contribution >= 0.6 is 0 Å². The number of aromatic nitrogens is 3. The van der Waals surface area contributed by atoms with E-state index in [4.69, 9.17) is 0 Å². The first kappa shape index (κ1) is 17.2. The van der Waals surface area contributed by atoms with Crippen LogP contribution in [0.25, 0.3) is 0 Å². The molecule has 3 aliphatic rings. The summed E-state index contributed by atoms with van der Waals surface area (Å²) in [6.45, 7) is 5.87. The van der Waals surface area contributed by atoms with Gasteiger partial charge in [-0.25, -0.2) is 4.98 Å². The van der Waals surface area contributed by atoms with Gasteiger partial charge in [0.15, 0.2) is 0 Å². The second-order valence-electron chi connectivity index (χ2n) is 7.63. The van der Waals surface area contributed by atoms with Crippen LogP contribution in [0.3, 0.4) is 0 Å². The zero-order chi connectivity index (χ0) is 17.9. The van der Waals surface area contributed by atoms with Crippen LogP contribution in [0.4, 0.5) is 0 Å². The summed E-state index contributed by atoms with van der Waals surface area (Å²) in [6.07, 6.45) is 7.19. The molecule has 3 fully saturated rings. The van der Waals surface area contributed by atoms with Gasteiger partial charge in [0.25, 0.3) is 0 Å². The van der Waals surface area contributed by atoms with Gasteiger partial charge in [-0.1, -0.05) is 6.07 Å². The zero-order valence-corrected chi connectivity index (χ0v) is 15.4. The van der Waals surface area contributed by atoms with E-state index in [1.807, 2.05) is 18.2 Å². The van der Waals surface area contributed by atoms with E-state index in [9.17, 15) is 4.79 Å². The summed E-state index contributed by atoms with van der Waals surface area (Å²) < 4.78 is 0. The molecule has 5 rings (SSSR count). The smallest absolute Gasteiger partial charge is 0.223 e. The number of amides is 1. The molecule has 0 aromatic carbocycles. The minimum absolute atomic E-state index is 0.281. The minimum Gasteiger partial charge on any atom is -0.348 e. The van der Waals surface area contributed by atoms with Gasteiger partial charge < -0.3 is 9.88 Å². The van der Waals surface area contributed by atoms with Crippen molar-refractivity contribution >= 4 is 5.91 Å². The Morgan fingerprint density at radius 1 is 1.23 bits per heavy atom. The zero-order valence-electron chi connectivity index (χ0n) is 15.4. The number of fused-ring (bicyclic) bond motifs is 4. The summed E-state index contributed by atoms with van der Waals surface area (Å²) in [5.74, 6) is 0.856. The molecule has 0 spiro atoms. The number of piperidine rings is 1. The third-order valence-corrected chi connectivity index (χ3v) is 5.74. The first-order valence-corrected chi connectivity index (χ1v) is 9.59. The Labute approximate surface area is 154 Å². The summed E-state index contributed by atoms with van der Waals surface area (Å²) in [5.41, 5.74) is 3.26. The van der Waals surface area contributed by atoms with Gasteiger partial charge >= 0.3 is 0 Å². The fourth-order valence-corrected chi connectivity index (χ4v) is 4.30. The number of imidazole rings is 1. The van der Waals surface area contributed by atoms with Crippen molar-refractivity contribution in [3.8, 4) is 0 Å². The lowest BCUT2D eigenvalue weighted by atomic mass is 9.94. The Kier molecular flexibility index (Phi) is 5.02. The number of hydrogen-bond acceptors (Lipinski definition) is 4. The van der Waals surface area contributed by atoms with Gasteiger partial charge in [-0.3, -0.25) is 14.7 Å². The van der Waals surface area contributed by atoms with Crippen molar-refractivity contribution in [1.29, 1.82) is 0 Å². The van der Waals surface area contributed by atoms with Gasteiger partial charge in [-0.2, -0.15) is 0 Å². The predicted molar refractivity (Wildman–Crippen MR) is 99.4 cm³/mol. The fraction of sp³-hybridized carbons (Fsp3) is 0.550. The predicted octanol–water partition coefficient (Wildman–Crippen LogP) is 2.17. The third-order valence-electron chi connectivity index (χ3n) is 5.74. The van der Waals surface area contributed by atoms with E-state index >= 15 is 0 Å². The summed E-state index contributed by atoms with van der Waals surface area (Å²) in [7, 11) is 0. The van der Waals surface area contributed by atoms with Crippen LogP contribution in [0.5, 0.6) is 0 Å². The van der Waals surface area contributed by atoms with E-state index in [1.165, 1.54) is 6.42 Å². The van der Waals surface area contributed by atoms with Crippen molar-refractivity contribution in [3.05, 3.63) is 47.8 Å². The van der Waals surface area contributed by atoms with Crippen LogP contribution in [-0.4, -0.2) is 56.3 Å². The number of nitrogens with one attached hydrogen (secondary N) is 1. The summed E-state index contributed by atoms with van der Waals surface area (Å²) in [4.78, 5) is 29.4. The summed E-state index contributed by atoms with van der Waals surface area (Å²) in [5, 5.41) is 0. The van der Waals surface area contributed by atoms with Gasteiger partial charge in [-0.05, 0) is 44.2 Å². The molecule has 0 saturated carbocycles. The van der Waals surface area contributed by atoms with Crippen LogP contribution in [0.1, 0.15) is 36.3 Å². The van der Waals surface area contributed by atoms with Crippen LogP contribution in [0, 0.1) is 12.8 Å². The van der Waals surface area contributed by atoms with Gasteiger partial charge in [0, 0.05) is 56.2 Å². The number of H-pyrrole nitrogens is 1. The maximum atomic E-state index is 12.9. The second kappa shape index (κ2) is 7.58. The topological polar surface area (TPSA) is 65.1 Å². The van der Waals surface area contributed by atoms with Crippen molar-refractivity contribution in [3.63, 3.8) is 0 Å². The van der Waals surface area contributed by atoms with Crippen molar-refractivity contribution in [2.24, 2.45) is 5.92 Å². The SMILES string of the molecule is Cc1[nH]cnc1CN1C[C@@H]2CC[C@H](C1)N(C(=O)CCc1ccccn1)C2. The molecule has 2 aromatic rings. The fourth-order valence-electron chi connectivity index (χ4n) is 4.30. The largest absolute Gasteiger partial charge is 0.348 e. The van der Waals surface area contributed by atoms with E-state index in [0.29, 0.717) is 18.4 Å². The van der Waals surface area contributed by atoms with Crippen molar-refractivity contribution in [2.75, 3.05) is 19.6 Å². The first-order valence-electron chi connectivity index (χ1n) is 9.59. The van der Waals surface area contributed by atoms with Crippen molar-refractivity contribution in [1.82, 2.24) is 24.8 Å². The van der Waals surface area contributed by atoms with E-state index in [2.05, 4.69) is 31.7 Å². The molecule has 2 bridgehead atoms. The molecule has 3 saturated heterocycles. The Bertz CT molecular complexity index is 744. The number of aromatic amines is 1. The number of rotatable bonds is 5. The lowest BCUT2D eigenvalue weighted by Crippen LogP contribution is -2.47. The summed E-state index contributed by atoms with van der Waals surface area (Å²) >= 11 is 0. The molecule has 1 amide bonds. The molecular weight excluding hydrogens is 326 g/mol. The van der Waals surface area contributed by atoms with Gasteiger partial charge in [0.05, 0.1) is 12.0 Å². The van der Waals surface area contributed by atoms with E-state index in [0.717, 1.165) is 56.1 Å². The Hall–Kier alpha value is -2.21. The first-order chi connectivity index (χ1) is 12.7. The monoisotopic (exact) mass is 353 g/mol. The Morgan fingerprint density at radius 3 is 2.92 bits per heavy atom. The molecule has 2 atom stereocenters. The van der Waals surface area contributed by atoms with E-state index in [1.54, 1.807) is 12.5 Å². The van der Waals surface area contributed by atoms with E-state index in [-0.39, 0.29) is 5.91 Å². The molecule has 2 aromatic heterocycles. The molecule has 0 aliphatic carbocycles. The molecule has 0 radical (unpaired) electrons. The number of carbonyl (C=O) groups is 1. The number of hydrogen-bond donors (Lipinski definition) is 1. The normalized spacial score (nSPS) is 23.2. The van der Waals surface area contributed by atoms with Gasteiger partial charge in [0.2, 0.25) is 5.91 Å². The molecule has 6 heteroatoms. The van der Waals surface area contributed by atoms with Crippen LogP contribution < -0.4 is 0 Å². The van der Waals surface area contributed by atoms with Gasteiger partial charge in [-0.15, -0.1) is 0 Å². The Morgan fingerprint density at radius 2 is 2.15 bits per heavy atom. The lowest BCUT2D eigenvalue weighted by molar-refractivity contribution is -0.135.